The van der Waals surface area contributed by atoms with Gasteiger partial charge in [0.1, 0.15) is 5.75 Å². The van der Waals surface area contributed by atoms with Gasteiger partial charge in [-0.1, -0.05) is 23.4 Å². The number of rotatable bonds is 6. The molecular weight excluding hydrogens is 388 g/mol. The second kappa shape index (κ2) is 8.00. The Hall–Kier alpha value is -4.27. The maximum absolute atomic E-state index is 11.0. The standard InChI is InChI=1S/C21H16N4O5/c1-28-16-8-4-5-13(12-16)18-10-9-17(21(22-18)29-2)19-23-20(30-24-19)14-6-3-7-15(11-14)25(26)27/h3-12H,1-2H3. The molecule has 2 aromatic heterocycles. The molecule has 0 amide bonds. The quantitative estimate of drug-likeness (QED) is 0.343. The van der Waals surface area contributed by atoms with E-state index in [2.05, 4.69) is 15.1 Å². The first-order valence-corrected chi connectivity index (χ1v) is 8.87. The number of pyridine rings is 1. The Bertz CT molecular complexity index is 1220. The highest BCUT2D eigenvalue weighted by Crippen LogP contribution is 2.32. The van der Waals surface area contributed by atoms with Crippen molar-refractivity contribution in [3.63, 3.8) is 0 Å². The molecule has 0 bridgehead atoms. The van der Waals surface area contributed by atoms with Gasteiger partial charge in [-0.15, -0.1) is 0 Å². The van der Waals surface area contributed by atoms with Crippen LogP contribution in [-0.2, 0) is 0 Å². The van der Waals surface area contributed by atoms with Crippen molar-refractivity contribution in [3.8, 4) is 45.7 Å². The van der Waals surface area contributed by atoms with E-state index in [9.17, 15) is 10.1 Å². The van der Waals surface area contributed by atoms with E-state index in [0.717, 1.165) is 11.3 Å². The van der Waals surface area contributed by atoms with Crippen molar-refractivity contribution in [2.24, 2.45) is 0 Å². The summed E-state index contributed by atoms with van der Waals surface area (Å²) in [4.78, 5) is 19.4. The third-order valence-electron chi connectivity index (χ3n) is 4.39. The first-order valence-electron chi connectivity index (χ1n) is 8.87. The maximum Gasteiger partial charge on any atom is 0.270 e. The van der Waals surface area contributed by atoms with Crippen LogP contribution < -0.4 is 9.47 Å². The van der Waals surface area contributed by atoms with E-state index in [1.54, 1.807) is 25.3 Å². The van der Waals surface area contributed by atoms with Gasteiger partial charge < -0.3 is 14.0 Å². The fraction of sp³-hybridized carbons (Fsp3) is 0.0952. The van der Waals surface area contributed by atoms with Gasteiger partial charge in [-0.05, 0) is 30.3 Å². The molecular formula is C21H16N4O5. The van der Waals surface area contributed by atoms with E-state index >= 15 is 0 Å². The number of nitrogens with zero attached hydrogens (tertiary/aromatic N) is 4. The number of hydrogen-bond donors (Lipinski definition) is 0. The number of aromatic nitrogens is 3. The van der Waals surface area contributed by atoms with Crippen LogP contribution in [0.2, 0.25) is 0 Å². The summed E-state index contributed by atoms with van der Waals surface area (Å²) < 4.78 is 16.0. The molecule has 0 radical (unpaired) electrons. The molecule has 0 fully saturated rings. The number of methoxy groups -OCH3 is 2. The Labute approximate surface area is 171 Å². The Morgan fingerprint density at radius 1 is 0.933 bits per heavy atom. The van der Waals surface area contributed by atoms with Crippen molar-refractivity contribution in [3.05, 3.63) is 70.8 Å². The Morgan fingerprint density at radius 3 is 2.50 bits per heavy atom. The monoisotopic (exact) mass is 404 g/mol. The van der Waals surface area contributed by atoms with Gasteiger partial charge in [0.2, 0.25) is 11.7 Å². The van der Waals surface area contributed by atoms with Crippen LogP contribution in [0.4, 0.5) is 5.69 Å². The summed E-state index contributed by atoms with van der Waals surface area (Å²) in [5, 5.41) is 15.0. The number of non-ortho nitro benzene ring substituents is 1. The van der Waals surface area contributed by atoms with Gasteiger partial charge in [-0.3, -0.25) is 10.1 Å². The lowest BCUT2D eigenvalue weighted by atomic mass is 10.1. The number of benzene rings is 2. The molecule has 0 saturated carbocycles. The van der Waals surface area contributed by atoms with Crippen LogP contribution in [0, 0.1) is 10.1 Å². The van der Waals surface area contributed by atoms with Crippen LogP contribution in [-0.4, -0.2) is 34.3 Å². The van der Waals surface area contributed by atoms with Crippen molar-refractivity contribution in [2.75, 3.05) is 14.2 Å². The van der Waals surface area contributed by atoms with Gasteiger partial charge in [0.05, 0.1) is 30.4 Å². The molecule has 30 heavy (non-hydrogen) atoms. The SMILES string of the molecule is COc1cccc(-c2ccc(-c3noc(-c4cccc([N+](=O)[O-])c4)n3)c(OC)n2)c1. The van der Waals surface area contributed by atoms with Crippen LogP contribution in [0.15, 0.2) is 65.2 Å². The summed E-state index contributed by atoms with van der Waals surface area (Å²) in [5.74, 6) is 1.46. The van der Waals surface area contributed by atoms with Crippen LogP contribution in [0.25, 0.3) is 34.1 Å². The van der Waals surface area contributed by atoms with E-state index < -0.39 is 4.92 Å². The lowest BCUT2D eigenvalue weighted by Crippen LogP contribution is -1.95. The van der Waals surface area contributed by atoms with Crippen LogP contribution in [0.1, 0.15) is 0 Å². The average molecular weight is 404 g/mol. The van der Waals surface area contributed by atoms with Gasteiger partial charge in [-0.25, -0.2) is 4.98 Å². The molecule has 0 N–H and O–H groups in total. The third-order valence-corrected chi connectivity index (χ3v) is 4.39. The molecule has 0 aliphatic carbocycles. The average Bonchev–Trinajstić information content (AvgIpc) is 3.29. The second-order valence-electron chi connectivity index (χ2n) is 6.22. The minimum absolute atomic E-state index is 0.0610. The fourth-order valence-corrected chi connectivity index (χ4v) is 2.91. The number of hydrogen-bond acceptors (Lipinski definition) is 8. The maximum atomic E-state index is 11.0. The smallest absolute Gasteiger partial charge is 0.270 e. The Balaban J connectivity index is 1.69. The zero-order valence-corrected chi connectivity index (χ0v) is 16.1. The summed E-state index contributed by atoms with van der Waals surface area (Å²) in [6, 6.07) is 17.1. The Morgan fingerprint density at radius 2 is 1.73 bits per heavy atom. The highest BCUT2D eigenvalue weighted by Gasteiger charge is 2.18. The lowest BCUT2D eigenvalue weighted by Gasteiger charge is -2.08. The minimum Gasteiger partial charge on any atom is -0.497 e. The molecule has 0 aliphatic rings. The van der Waals surface area contributed by atoms with E-state index in [-0.39, 0.29) is 17.4 Å². The van der Waals surface area contributed by atoms with Crippen LogP contribution in [0.3, 0.4) is 0 Å². The molecule has 0 aliphatic heterocycles. The lowest BCUT2D eigenvalue weighted by molar-refractivity contribution is -0.384. The summed E-state index contributed by atoms with van der Waals surface area (Å²) in [5.41, 5.74) is 2.48. The first kappa shape index (κ1) is 19.1. The predicted octanol–water partition coefficient (Wildman–Crippen LogP) is 4.39. The first-order chi connectivity index (χ1) is 14.6. The molecule has 150 valence electrons. The van der Waals surface area contributed by atoms with Crippen molar-refractivity contribution in [2.45, 2.75) is 0 Å². The van der Waals surface area contributed by atoms with Gasteiger partial charge in [0.25, 0.3) is 11.6 Å². The van der Waals surface area contributed by atoms with Crippen LogP contribution >= 0.6 is 0 Å². The zero-order chi connectivity index (χ0) is 21.1. The van der Waals surface area contributed by atoms with Gasteiger partial charge in [-0.2, -0.15) is 4.98 Å². The van der Waals surface area contributed by atoms with E-state index in [1.165, 1.54) is 19.2 Å². The fourth-order valence-electron chi connectivity index (χ4n) is 2.91. The van der Waals surface area contributed by atoms with Crippen molar-refractivity contribution in [1.29, 1.82) is 0 Å². The molecule has 0 spiro atoms. The molecule has 4 rings (SSSR count). The molecule has 2 aromatic carbocycles. The highest BCUT2D eigenvalue weighted by molar-refractivity contribution is 5.69. The molecule has 9 nitrogen and oxygen atoms in total. The predicted molar refractivity (Wildman–Crippen MR) is 108 cm³/mol. The number of nitro groups is 1. The van der Waals surface area contributed by atoms with Crippen LogP contribution in [0.5, 0.6) is 11.6 Å². The molecule has 4 aromatic rings. The summed E-state index contributed by atoms with van der Waals surface area (Å²) in [7, 11) is 3.11. The van der Waals surface area contributed by atoms with E-state index in [4.69, 9.17) is 14.0 Å². The summed E-state index contributed by atoms with van der Waals surface area (Å²) in [6.07, 6.45) is 0. The third kappa shape index (κ3) is 3.68. The van der Waals surface area contributed by atoms with Crippen molar-refractivity contribution in [1.82, 2.24) is 15.1 Å². The summed E-state index contributed by atoms with van der Waals surface area (Å²) >= 11 is 0. The molecule has 0 unspecified atom stereocenters. The number of ether oxygens (including phenoxy) is 2. The molecule has 2 heterocycles. The molecule has 0 saturated heterocycles. The molecule has 9 heteroatoms. The van der Waals surface area contributed by atoms with E-state index in [1.807, 2.05) is 30.3 Å². The topological polar surface area (TPSA) is 113 Å². The number of nitro benzene ring substituents is 1. The van der Waals surface area contributed by atoms with Gasteiger partial charge in [0.15, 0.2) is 0 Å². The largest absolute Gasteiger partial charge is 0.497 e. The van der Waals surface area contributed by atoms with Gasteiger partial charge >= 0.3 is 0 Å². The summed E-state index contributed by atoms with van der Waals surface area (Å²) in [6.45, 7) is 0. The minimum atomic E-state index is -0.481. The normalized spacial score (nSPS) is 10.6. The molecule has 0 atom stereocenters. The van der Waals surface area contributed by atoms with Crippen molar-refractivity contribution < 1.29 is 18.9 Å². The second-order valence-corrected chi connectivity index (χ2v) is 6.22. The van der Waals surface area contributed by atoms with Crippen molar-refractivity contribution >= 4 is 5.69 Å². The van der Waals surface area contributed by atoms with E-state index in [0.29, 0.717) is 22.7 Å². The Kier molecular flexibility index (Phi) is 5.08. The highest BCUT2D eigenvalue weighted by atomic mass is 16.6. The van der Waals surface area contributed by atoms with Gasteiger partial charge in [0, 0.05) is 23.3 Å². The zero-order valence-electron chi connectivity index (χ0n) is 16.1.